The quantitative estimate of drug-likeness (QED) is 0.517. The largest absolute Gasteiger partial charge is 0.488 e. The van der Waals surface area contributed by atoms with E-state index in [1.807, 2.05) is 36.4 Å². The highest BCUT2D eigenvalue weighted by atomic mass is 79.9. The van der Waals surface area contributed by atoms with Gasteiger partial charge in [0.25, 0.3) is 0 Å². The Kier molecular flexibility index (Phi) is 4.94. The number of aromatic nitrogens is 1. The van der Waals surface area contributed by atoms with Crippen LogP contribution >= 0.6 is 27.5 Å². The molecule has 5 heteroatoms. The van der Waals surface area contributed by atoms with Gasteiger partial charge in [-0.05, 0) is 64.0 Å². The highest BCUT2D eigenvalue weighted by Crippen LogP contribution is 2.31. The molecule has 0 bridgehead atoms. The third kappa shape index (κ3) is 4.09. The lowest BCUT2D eigenvalue weighted by atomic mass is 10.1. The van der Waals surface area contributed by atoms with E-state index in [2.05, 4.69) is 20.9 Å². The van der Waals surface area contributed by atoms with Crippen LogP contribution in [0, 0.1) is 5.82 Å². The molecule has 3 aromatic rings. The summed E-state index contributed by atoms with van der Waals surface area (Å²) in [4.78, 5) is 4.28. The van der Waals surface area contributed by atoms with Crippen LogP contribution in [0.3, 0.4) is 0 Å². The molecular formula is C18H12BrClFNO. The Morgan fingerprint density at radius 1 is 1.04 bits per heavy atom. The number of hydrogen-bond donors (Lipinski definition) is 0. The normalized spacial score (nSPS) is 10.6. The number of nitrogens with zero attached hydrogens (tertiary/aromatic N) is 1. The number of hydrogen-bond acceptors (Lipinski definition) is 2. The van der Waals surface area contributed by atoms with Crippen LogP contribution in [0.5, 0.6) is 5.75 Å². The van der Waals surface area contributed by atoms with Crippen molar-refractivity contribution in [2.24, 2.45) is 0 Å². The van der Waals surface area contributed by atoms with Crippen molar-refractivity contribution in [2.45, 2.75) is 6.61 Å². The molecule has 0 atom stereocenters. The second-order valence-corrected chi connectivity index (χ2v) is 6.15. The second-order valence-electron chi connectivity index (χ2n) is 4.91. The predicted molar refractivity (Wildman–Crippen MR) is 93.1 cm³/mol. The van der Waals surface area contributed by atoms with E-state index in [-0.39, 0.29) is 5.82 Å². The van der Waals surface area contributed by atoms with Crippen LogP contribution in [0.25, 0.3) is 11.3 Å². The van der Waals surface area contributed by atoms with Gasteiger partial charge in [0, 0.05) is 5.56 Å². The average molecular weight is 393 g/mol. The minimum Gasteiger partial charge on any atom is -0.488 e. The van der Waals surface area contributed by atoms with Crippen molar-refractivity contribution in [1.29, 1.82) is 0 Å². The number of ether oxygens (including phenoxy) is 1. The van der Waals surface area contributed by atoms with E-state index in [9.17, 15) is 4.39 Å². The van der Waals surface area contributed by atoms with Crippen LogP contribution in [0.2, 0.25) is 5.15 Å². The van der Waals surface area contributed by atoms with Crippen LogP contribution < -0.4 is 4.74 Å². The number of benzene rings is 2. The third-order valence-corrected chi connectivity index (χ3v) is 4.06. The number of halogens is 3. The Morgan fingerprint density at radius 3 is 2.61 bits per heavy atom. The van der Waals surface area contributed by atoms with Crippen molar-refractivity contribution in [3.8, 4) is 17.0 Å². The third-order valence-electron chi connectivity index (χ3n) is 3.23. The Labute approximate surface area is 147 Å². The maximum Gasteiger partial charge on any atom is 0.134 e. The molecule has 23 heavy (non-hydrogen) atoms. The van der Waals surface area contributed by atoms with Crippen molar-refractivity contribution in [3.05, 3.63) is 81.7 Å². The van der Waals surface area contributed by atoms with Gasteiger partial charge in [0.1, 0.15) is 23.3 Å². The summed E-state index contributed by atoms with van der Waals surface area (Å²) in [7, 11) is 0. The first-order valence-corrected chi connectivity index (χ1v) is 8.08. The van der Waals surface area contributed by atoms with Crippen LogP contribution in [-0.4, -0.2) is 4.98 Å². The SMILES string of the molecule is Fc1cccc(COc2ccc(-c3cccc(Cl)n3)cc2Br)c1. The minimum absolute atomic E-state index is 0.271. The molecule has 0 unspecified atom stereocenters. The molecule has 0 amide bonds. The van der Waals surface area contributed by atoms with Crippen molar-refractivity contribution in [3.63, 3.8) is 0 Å². The van der Waals surface area contributed by atoms with Crippen molar-refractivity contribution >= 4 is 27.5 Å². The van der Waals surface area contributed by atoms with Crippen LogP contribution in [-0.2, 0) is 6.61 Å². The Morgan fingerprint density at radius 2 is 1.87 bits per heavy atom. The Bertz CT molecular complexity index is 841. The molecule has 0 aliphatic rings. The first-order chi connectivity index (χ1) is 11.1. The summed E-state index contributed by atoms with van der Waals surface area (Å²) in [6, 6.07) is 17.5. The standard InChI is InChI=1S/C18H12BrClFNO/c19-15-10-13(16-5-2-6-18(20)22-16)7-8-17(15)23-11-12-3-1-4-14(21)9-12/h1-10H,11H2. The van der Waals surface area contributed by atoms with E-state index >= 15 is 0 Å². The van der Waals surface area contributed by atoms with Crippen LogP contribution in [0.1, 0.15) is 5.56 Å². The summed E-state index contributed by atoms with van der Waals surface area (Å²) in [5.41, 5.74) is 2.49. The first-order valence-electron chi connectivity index (χ1n) is 6.91. The molecule has 0 N–H and O–H groups in total. The topological polar surface area (TPSA) is 22.1 Å². The summed E-state index contributed by atoms with van der Waals surface area (Å²) >= 11 is 9.41. The highest BCUT2D eigenvalue weighted by molar-refractivity contribution is 9.10. The molecule has 1 heterocycles. The molecule has 2 nitrogen and oxygen atoms in total. The van der Waals surface area contributed by atoms with E-state index in [1.165, 1.54) is 12.1 Å². The van der Waals surface area contributed by atoms with Gasteiger partial charge in [-0.25, -0.2) is 9.37 Å². The molecule has 0 spiro atoms. The van der Waals surface area contributed by atoms with Crippen LogP contribution in [0.15, 0.2) is 65.1 Å². The Hall–Kier alpha value is -1.91. The molecule has 2 aromatic carbocycles. The zero-order valence-corrected chi connectivity index (χ0v) is 14.3. The van der Waals surface area contributed by atoms with Gasteiger partial charge in [0.2, 0.25) is 0 Å². The maximum absolute atomic E-state index is 13.2. The van der Waals surface area contributed by atoms with Crippen LogP contribution in [0.4, 0.5) is 4.39 Å². The fraction of sp³-hybridized carbons (Fsp3) is 0.0556. The van der Waals surface area contributed by atoms with E-state index in [0.29, 0.717) is 17.5 Å². The molecule has 116 valence electrons. The molecule has 0 radical (unpaired) electrons. The first kappa shape index (κ1) is 16.0. The second kappa shape index (κ2) is 7.11. The number of rotatable bonds is 4. The van der Waals surface area contributed by atoms with Crippen molar-refractivity contribution in [2.75, 3.05) is 0 Å². The predicted octanol–water partition coefficient (Wildman–Crippen LogP) is 5.88. The van der Waals surface area contributed by atoms with Gasteiger partial charge in [-0.1, -0.05) is 29.8 Å². The zero-order valence-electron chi connectivity index (χ0n) is 12.0. The molecule has 0 fully saturated rings. The van der Waals surface area contributed by atoms with Gasteiger partial charge in [-0.3, -0.25) is 0 Å². The van der Waals surface area contributed by atoms with Gasteiger partial charge in [0.15, 0.2) is 0 Å². The van der Waals surface area contributed by atoms with Gasteiger partial charge >= 0.3 is 0 Å². The van der Waals surface area contributed by atoms with E-state index < -0.39 is 0 Å². The fourth-order valence-corrected chi connectivity index (χ4v) is 2.79. The summed E-state index contributed by atoms with van der Waals surface area (Å²) in [6.07, 6.45) is 0. The van der Waals surface area contributed by atoms with E-state index in [1.54, 1.807) is 12.1 Å². The summed E-state index contributed by atoms with van der Waals surface area (Å²) < 4.78 is 19.7. The van der Waals surface area contributed by atoms with Gasteiger partial charge in [-0.15, -0.1) is 0 Å². The fourth-order valence-electron chi connectivity index (χ4n) is 2.13. The Balaban J connectivity index is 1.77. The molecule has 0 saturated heterocycles. The smallest absolute Gasteiger partial charge is 0.134 e. The molecule has 0 aliphatic heterocycles. The van der Waals surface area contributed by atoms with Gasteiger partial charge in [-0.2, -0.15) is 0 Å². The average Bonchev–Trinajstić information content (AvgIpc) is 2.54. The molecule has 3 rings (SSSR count). The summed E-state index contributed by atoms with van der Waals surface area (Å²) in [5, 5.41) is 0.449. The van der Waals surface area contributed by atoms with Crippen molar-refractivity contribution in [1.82, 2.24) is 4.98 Å². The summed E-state index contributed by atoms with van der Waals surface area (Å²) in [5.74, 6) is 0.410. The van der Waals surface area contributed by atoms with Gasteiger partial charge in [0.05, 0.1) is 10.2 Å². The zero-order chi connectivity index (χ0) is 16.2. The lowest BCUT2D eigenvalue weighted by Gasteiger charge is -2.10. The lowest BCUT2D eigenvalue weighted by Crippen LogP contribution is -1.97. The molecule has 0 saturated carbocycles. The number of pyridine rings is 1. The lowest BCUT2D eigenvalue weighted by molar-refractivity contribution is 0.303. The molecular weight excluding hydrogens is 381 g/mol. The van der Waals surface area contributed by atoms with Gasteiger partial charge < -0.3 is 4.74 Å². The highest BCUT2D eigenvalue weighted by Gasteiger charge is 2.06. The molecule has 1 aromatic heterocycles. The monoisotopic (exact) mass is 391 g/mol. The molecule has 0 aliphatic carbocycles. The summed E-state index contributed by atoms with van der Waals surface area (Å²) in [6.45, 7) is 0.297. The minimum atomic E-state index is -0.271. The van der Waals surface area contributed by atoms with E-state index in [4.69, 9.17) is 16.3 Å². The maximum atomic E-state index is 13.2. The van der Waals surface area contributed by atoms with Crippen molar-refractivity contribution < 1.29 is 9.13 Å². The van der Waals surface area contributed by atoms with E-state index in [0.717, 1.165) is 21.3 Å².